The van der Waals surface area contributed by atoms with E-state index in [1.165, 1.54) is 5.56 Å². The Morgan fingerprint density at radius 3 is 2.33 bits per heavy atom. The normalized spacial score (nSPS) is 15.9. The summed E-state index contributed by atoms with van der Waals surface area (Å²) in [6.07, 6.45) is 0. The van der Waals surface area contributed by atoms with E-state index in [2.05, 4.69) is 35.1 Å². The predicted octanol–water partition coefficient (Wildman–Crippen LogP) is 3.62. The van der Waals surface area contributed by atoms with Gasteiger partial charge in [0.2, 0.25) is 5.91 Å². The van der Waals surface area contributed by atoms with Crippen LogP contribution >= 0.6 is 11.3 Å². The first kappa shape index (κ1) is 17.8. The Bertz CT molecular complexity index is 968. The molecule has 0 bridgehead atoms. The van der Waals surface area contributed by atoms with Gasteiger partial charge in [0.15, 0.2) is 0 Å². The number of hydrogen-bond acceptors (Lipinski definition) is 3. The van der Waals surface area contributed by atoms with E-state index in [0.29, 0.717) is 26.2 Å². The summed E-state index contributed by atoms with van der Waals surface area (Å²) < 4.78 is 3.28. The van der Waals surface area contributed by atoms with Crippen LogP contribution in [0.25, 0.3) is 10.2 Å². The summed E-state index contributed by atoms with van der Waals surface area (Å²) in [6, 6.07) is 14.4. The summed E-state index contributed by atoms with van der Waals surface area (Å²) in [4.78, 5) is 28.5. The molecule has 3 heterocycles. The zero-order chi connectivity index (χ0) is 19.0. The van der Waals surface area contributed by atoms with E-state index in [1.54, 1.807) is 23.2 Å². The molecular formula is C21H23N3O2S. The van der Waals surface area contributed by atoms with Crippen LogP contribution in [0, 0.1) is 0 Å². The lowest BCUT2D eigenvalue weighted by Gasteiger charge is -2.34. The maximum atomic E-state index is 13.3. The lowest BCUT2D eigenvalue weighted by atomic mass is 10.1. The Morgan fingerprint density at radius 1 is 1.00 bits per heavy atom. The molecule has 140 valence electrons. The van der Waals surface area contributed by atoms with E-state index >= 15 is 0 Å². The van der Waals surface area contributed by atoms with Gasteiger partial charge in [0, 0.05) is 33.1 Å². The second-order valence-electron chi connectivity index (χ2n) is 6.95. The van der Waals surface area contributed by atoms with Crippen LogP contribution in [0.4, 0.5) is 0 Å². The van der Waals surface area contributed by atoms with E-state index in [1.807, 2.05) is 29.2 Å². The molecule has 2 amide bonds. The predicted molar refractivity (Wildman–Crippen MR) is 108 cm³/mol. The SMILES string of the molecule is CC(=O)N1CCN(C(=O)c2cc3sccc3n2C(C)c2ccccc2)CC1. The average molecular weight is 382 g/mol. The first-order valence-corrected chi connectivity index (χ1v) is 10.1. The van der Waals surface area contributed by atoms with E-state index < -0.39 is 0 Å². The zero-order valence-electron chi connectivity index (χ0n) is 15.6. The van der Waals surface area contributed by atoms with E-state index in [-0.39, 0.29) is 17.9 Å². The highest BCUT2D eigenvalue weighted by atomic mass is 32.1. The van der Waals surface area contributed by atoms with Gasteiger partial charge in [-0.05, 0) is 30.0 Å². The minimum absolute atomic E-state index is 0.0457. The maximum Gasteiger partial charge on any atom is 0.270 e. The number of piperazine rings is 1. The highest BCUT2D eigenvalue weighted by Crippen LogP contribution is 2.32. The molecule has 4 rings (SSSR count). The largest absolute Gasteiger partial charge is 0.339 e. The second-order valence-corrected chi connectivity index (χ2v) is 7.90. The topological polar surface area (TPSA) is 45.6 Å². The van der Waals surface area contributed by atoms with Gasteiger partial charge in [-0.3, -0.25) is 9.59 Å². The number of amides is 2. The van der Waals surface area contributed by atoms with Crippen molar-refractivity contribution in [1.29, 1.82) is 0 Å². The summed E-state index contributed by atoms with van der Waals surface area (Å²) in [7, 11) is 0. The number of carbonyl (C=O) groups excluding carboxylic acids is 2. The number of nitrogens with zero attached hydrogens (tertiary/aromatic N) is 3. The van der Waals surface area contributed by atoms with Crippen molar-refractivity contribution in [2.75, 3.05) is 26.2 Å². The van der Waals surface area contributed by atoms with Crippen LogP contribution in [0.5, 0.6) is 0 Å². The molecule has 1 aliphatic rings. The molecule has 1 unspecified atom stereocenters. The van der Waals surface area contributed by atoms with Crippen LogP contribution in [-0.2, 0) is 4.79 Å². The zero-order valence-corrected chi connectivity index (χ0v) is 16.4. The Labute approximate surface area is 162 Å². The van der Waals surface area contributed by atoms with Gasteiger partial charge >= 0.3 is 0 Å². The van der Waals surface area contributed by atoms with Crippen LogP contribution in [0.1, 0.15) is 35.9 Å². The number of hydrogen-bond donors (Lipinski definition) is 0. The van der Waals surface area contributed by atoms with Crippen LogP contribution in [0.15, 0.2) is 47.8 Å². The monoisotopic (exact) mass is 381 g/mol. The molecule has 1 atom stereocenters. The first-order valence-electron chi connectivity index (χ1n) is 9.24. The highest BCUT2D eigenvalue weighted by molar-refractivity contribution is 7.17. The summed E-state index contributed by atoms with van der Waals surface area (Å²) in [5, 5.41) is 2.07. The molecule has 0 aliphatic carbocycles. The molecule has 27 heavy (non-hydrogen) atoms. The van der Waals surface area contributed by atoms with Crippen molar-refractivity contribution < 1.29 is 9.59 Å². The van der Waals surface area contributed by atoms with Gasteiger partial charge in [0.05, 0.1) is 16.3 Å². The molecule has 0 N–H and O–H groups in total. The third-order valence-corrected chi connectivity index (χ3v) is 6.21. The standard InChI is InChI=1S/C21H23N3O2S/c1-15(17-6-4-3-5-7-17)24-18-8-13-27-20(18)14-19(24)21(26)23-11-9-22(10-12-23)16(2)25/h3-8,13-15H,9-12H2,1-2H3. The fourth-order valence-electron chi connectivity index (χ4n) is 3.79. The average Bonchev–Trinajstić information content (AvgIpc) is 3.28. The van der Waals surface area contributed by atoms with Crippen molar-refractivity contribution in [2.24, 2.45) is 0 Å². The Hall–Kier alpha value is -2.60. The minimum Gasteiger partial charge on any atom is -0.339 e. The molecule has 0 spiro atoms. The van der Waals surface area contributed by atoms with Gasteiger partial charge in [0.1, 0.15) is 5.69 Å². The molecule has 1 saturated heterocycles. The molecule has 6 heteroatoms. The van der Waals surface area contributed by atoms with Crippen LogP contribution < -0.4 is 0 Å². The number of aromatic nitrogens is 1. The fraction of sp³-hybridized carbons (Fsp3) is 0.333. The molecule has 3 aromatic rings. The molecule has 0 saturated carbocycles. The molecule has 1 aliphatic heterocycles. The van der Waals surface area contributed by atoms with Crippen molar-refractivity contribution in [2.45, 2.75) is 19.9 Å². The molecule has 0 radical (unpaired) electrons. The smallest absolute Gasteiger partial charge is 0.270 e. The van der Waals surface area contributed by atoms with Crippen molar-refractivity contribution in [3.63, 3.8) is 0 Å². The molecule has 1 aromatic carbocycles. The highest BCUT2D eigenvalue weighted by Gasteiger charge is 2.28. The lowest BCUT2D eigenvalue weighted by molar-refractivity contribution is -0.130. The number of carbonyl (C=O) groups is 2. The molecule has 5 nitrogen and oxygen atoms in total. The van der Waals surface area contributed by atoms with E-state index in [0.717, 1.165) is 15.9 Å². The van der Waals surface area contributed by atoms with Crippen molar-refractivity contribution in [3.8, 4) is 0 Å². The minimum atomic E-state index is 0.0457. The summed E-state index contributed by atoms with van der Waals surface area (Å²) >= 11 is 1.66. The molecular weight excluding hydrogens is 358 g/mol. The van der Waals surface area contributed by atoms with Crippen LogP contribution in [0.3, 0.4) is 0 Å². The quantitative estimate of drug-likeness (QED) is 0.696. The fourth-order valence-corrected chi connectivity index (χ4v) is 4.60. The van der Waals surface area contributed by atoms with E-state index in [4.69, 9.17) is 0 Å². The summed E-state index contributed by atoms with van der Waals surface area (Å²) in [5.41, 5.74) is 3.00. The summed E-state index contributed by atoms with van der Waals surface area (Å²) in [5.74, 6) is 0.119. The second kappa shape index (κ2) is 7.19. The Kier molecular flexibility index (Phi) is 4.74. The van der Waals surface area contributed by atoms with Gasteiger partial charge in [0.25, 0.3) is 5.91 Å². The van der Waals surface area contributed by atoms with Crippen molar-refractivity contribution >= 4 is 33.4 Å². The van der Waals surface area contributed by atoms with Gasteiger partial charge in [-0.25, -0.2) is 0 Å². The van der Waals surface area contributed by atoms with Crippen LogP contribution in [0.2, 0.25) is 0 Å². The Morgan fingerprint density at radius 2 is 1.67 bits per heavy atom. The van der Waals surface area contributed by atoms with E-state index in [9.17, 15) is 9.59 Å². The van der Waals surface area contributed by atoms with Crippen molar-refractivity contribution in [3.05, 3.63) is 59.1 Å². The molecule has 2 aromatic heterocycles. The lowest BCUT2D eigenvalue weighted by Crippen LogP contribution is -2.50. The van der Waals surface area contributed by atoms with Crippen LogP contribution in [-0.4, -0.2) is 52.4 Å². The number of thiophene rings is 1. The van der Waals surface area contributed by atoms with Gasteiger partial charge < -0.3 is 14.4 Å². The van der Waals surface area contributed by atoms with Gasteiger partial charge in [-0.2, -0.15) is 0 Å². The number of fused-ring (bicyclic) bond motifs is 1. The number of benzene rings is 1. The van der Waals surface area contributed by atoms with Gasteiger partial charge in [-0.15, -0.1) is 11.3 Å². The maximum absolute atomic E-state index is 13.3. The van der Waals surface area contributed by atoms with Gasteiger partial charge in [-0.1, -0.05) is 30.3 Å². The first-order chi connectivity index (χ1) is 13.1. The summed E-state index contributed by atoms with van der Waals surface area (Å²) in [6.45, 7) is 6.08. The third kappa shape index (κ3) is 3.25. The Balaban J connectivity index is 1.67. The number of rotatable bonds is 3. The molecule has 1 fully saturated rings. The third-order valence-electron chi connectivity index (χ3n) is 5.36. The van der Waals surface area contributed by atoms with Crippen molar-refractivity contribution in [1.82, 2.24) is 14.4 Å².